The largest absolute Gasteiger partial charge is 0.485 e. The molecule has 134 valence electrons. The number of furan rings is 1. The molecule has 6 heteroatoms. The van der Waals surface area contributed by atoms with Crippen LogP contribution in [0.4, 0.5) is 5.69 Å². The van der Waals surface area contributed by atoms with Crippen molar-refractivity contribution in [2.45, 2.75) is 20.5 Å². The molecule has 2 aromatic carbocycles. The van der Waals surface area contributed by atoms with Crippen LogP contribution in [-0.2, 0) is 6.61 Å². The fourth-order valence-corrected chi connectivity index (χ4v) is 3.03. The molecular weight excluding hydrogens is 373 g/mol. The maximum atomic E-state index is 12.4. The summed E-state index contributed by atoms with van der Waals surface area (Å²) in [7, 11) is 0. The van der Waals surface area contributed by atoms with Crippen LogP contribution in [0.15, 0.2) is 52.9 Å². The van der Waals surface area contributed by atoms with Crippen molar-refractivity contribution < 1.29 is 13.9 Å². The zero-order chi connectivity index (χ0) is 18.7. The van der Waals surface area contributed by atoms with Crippen LogP contribution in [-0.4, -0.2) is 5.91 Å². The molecule has 4 nitrogen and oxygen atoms in total. The Morgan fingerprint density at radius 2 is 1.62 bits per heavy atom. The number of ether oxygens (including phenoxy) is 1. The van der Waals surface area contributed by atoms with Crippen molar-refractivity contribution in [2.24, 2.45) is 0 Å². The predicted octanol–water partition coefficient (Wildman–Crippen LogP) is 6.03. The van der Waals surface area contributed by atoms with Gasteiger partial charge in [-0.1, -0.05) is 47.5 Å². The quantitative estimate of drug-likeness (QED) is 0.578. The van der Waals surface area contributed by atoms with E-state index in [0.717, 1.165) is 16.9 Å². The van der Waals surface area contributed by atoms with E-state index in [1.54, 1.807) is 30.3 Å². The molecule has 1 N–H and O–H groups in total. The summed E-state index contributed by atoms with van der Waals surface area (Å²) in [4.78, 5) is 12.4. The molecule has 0 saturated heterocycles. The molecule has 26 heavy (non-hydrogen) atoms. The second kappa shape index (κ2) is 7.85. The molecule has 3 rings (SSSR count). The molecule has 1 heterocycles. The highest BCUT2D eigenvalue weighted by Gasteiger charge is 2.15. The van der Waals surface area contributed by atoms with Crippen LogP contribution in [0.1, 0.15) is 27.4 Å². The van der Waals surface area contributed by atoms with Gasteiger partial charge in [0.05, 0.1) is 15.7 Å². The van der Waals surface area contributed by atoms with Gasteiger partial charge in [0, 0.05) is 0 Å². The molecule has 0 saturated carbocycles. The molecule has 0 spiro atoms. The summed E-state index contributed by atoms with van der Waals surface area (Å²) in [6.45, 7) is 4.19. The number of rotatable bonds is 5. The van der Waals surface area contributed by atoms with Crippen LogP contribution in [0.3, 0.4) is 0 Å². The summed E-state index contributed by atoms with van der Waals surface area (Å²) in [5.74, 6) is 1.08. The number of hydrogen-bond donors (Lipinski definition) is 1. The molecule has 0 aliphatic carbocycles. The maximum absolute atomic E-state index is 12.4. The molecule has 0 bridgehead atoms. The monoisotopic (exact) mass is 389 g/mol. The van der Waals surface area contributed by atoms with Gasteiger partial charge in [-0.05, 0) is 49.2 Å². The smallest absolute Gasteiger partial charge is 0.291 e. The average molecular weight is 390 g/mol. The molecule has 0 aliphatic heterocycles. The summed E-state index contributed by atoms with van der Waals surface area (Å²) < 4.78 is 11.4. The Labute approximate surface area is 161 Å². The lowest BCUT2D eigenvalue weighted by molar-refractivity contribution is 0.0992. The van der Waals surface area contributed by atoms with Crippen molar-refractivity contribution >= 4 is 34.8 Å². The third-order valence-corrected chi connectivity index (χ3v) is 4.48. The molecule has 1 amide bonds. The van der Waals surface area contributed by atoms with E-state index >= 15 is 0 Å². The average Bonchev–Trinajstić information content (AvgIpc) is 3.07. The van der Waals surface area contributed by atoms with Gasteiger partial charge < -0.3 is 14.5 Å². The Hall–Kier alpha value is -2.43. The number of carbonyl (C=O) groups excluding carboxylic acids is 1. The Bertz CT molecular complexity index is 909. The Morgan fingerprint density at radius 1 is 1.00 bits per heavy atom. The highest BCUT2D eigenvalue weighted by molar-refractivity contribution is 6.39. The second-order valence-electron chi connectivity index (χ2n) is 5.83. The highest BCUT2D eigenvalue weighted by atomic mass is 35.5. The number of hydrogen-bond acceptors (Lipinski definition) is 3. The van der Waals surface area contributed by atoms with Gasteiger partial charge in [0.2, 0.25) is 0 Å². The maximum Gasteiger partial charge on any atom is 0.291 e. The number of para-hydroxylation sites is 2. The minimum atomic E-state index is -0.432. The van der Waals surface area contributed by atoms with Crippen LogP contribution in [0.25, 0.3) is 0 Å². The van der Waals surface area contributed by atoms with Gasteiger partial charge in [-0.15, -0.1) is 0 Å². The zero-order valence-electron chi connectivity index (χ0n) is 14.3. The van der Waals surface area contributed by atoms with E-state index < -0.39 is 5.91 Å². The van der Waals surface area contributed by atoms with E-state index in [-0.39, 0.29) is 12.4 Å². The van der Waals surface area contributed by atoms with Crippen LogP contribution in [0, 0.1) is 13.8 Å². The topological polar surface area (TPSA) is 51.5 Å². The van der Waals surface area contributed by atoms with E-state index in [1.807, 2.05) is 32.0 Å². The molecule has 0 fully saturated rings. The number of anilines is 1. The fourth-order valence-electron chi connectivity index (χ4n) is 2.54. The summed E-state index contributed by atoms with van der Waals surface area (Å²) in [6.07, 6.45) is 0. The standard InChI is InChI=1S/C20H17Cl2NO3/c1-12-5-3-6-13(2)19(12)25-11-14-9-10-17(26-14)20(24)23-18-15(21)7-4-8-16(18)22/h3-10H,11H2,1-2H3,(H,23,24). The number of benzene rings is 2. The van der Waals surface area contributed by atoms with Crippen LogP contribution >= 0.6 is 23.2 Å². The number of nitrogens with one attached hydrogen (secondary N) is 1. The Kier molecular flexibility index (Phi) is 5.55. The number of aryl methyl sites for hydroxylation is 2. The number of carbonyl (C=O) groups is 1. The molecule has 0 radical (unpaired) electrons. The lowest BCUT2D eigenvalue weighted by Crippen LogP contribution is -2.11. The lowest BCUT2D eigenvalue weighted by Gasteiger charge is -2.10. The van der Waals surface area contributed by atoms with Gasteiger partial charge in [-0.25, -0.2) is 0 Å². The number of amides is 1. The first-order valence-corrected chi connectivity index (χ1v) is 8.74. The van der Waals surface area contributed by atoms with Gasteiger partial charge in [0.1, 0.15) is 18.1 Å². The summed E-state index contributed by atoms with van der Waals surface area (Å²) in [6, 6.07) is 14.2. The lowest BCUT2D eigenvalue weighted by atomic mass is 10.1. The van der Waals surface area contributed by atoms with Crippen molar-refractivity contribution in [3.8, 4) is 5.75 Å². The third kappa shape index (κ3) is 4.03. The summed E-state index contributed by atoms with van der Waals surface area (Å²) >= 11 is 12.1. The van der Waals surface area contributed by atoms with Crippen LogP contribution < -0.4 is 10.1 Å². The number of halogens is 2. The molecule has 3 aromatic rings. The van der Waals surface area contributed by atoms with E-state index in [2.05, 4.69) is 5.32 Å². The first-order valence-electron chi connectivity index (χ1n) is 7.99. The normalized spacial score (nSPS) is 10.6. The van der Waals surface area contributed by atoms with E-state index in [0.29, 0.717) is 21.5 Å². The highest BCUT2D eigenvalue weighted by Crippen LogP contribution is 2.30. The SMILES string of the molecule is Cc1cccc(C)c1OCc1ccc(C(=O)Nc2c(Cl)cccc2Cl)o1. The summed E-state index contributed by atoms with van der Waals surface area (Å²) in [5.41, 5.74) is 2.44. The van der Waals surface area contributed by atoms with Crippen molar-refractivity contribution in [1.82, 2.24) is 0 Å². The molecule has 0 aliphatic rings. The van der Waals surface area contributed by atoms with Crippen molar-refractivity contribution in [2.75, 3.05) is 5.32 Å². The van der Waals surface area contributed by atoms with E-state index in [9.17, 15) is 4.79 Å². The van der Waals surface area contributed by atoms with E-state index in [1.165, 1.54) is 0 Å². The Balaban J connectivity index is 1.69. The molecule has 0 atom stereocenters. The minimum absolute atomic E-state index is 0.154. The first kappa shape index (κ1) is 18.4. The fraction of sp³-hybridized carbons (Fsp3) is 0.150. The van der Waals surface area contributed by atoms with Gasteiger partial charge >= 0.3 is 0 Å². The van der Waals surface area contributed by atoms with Crippen molar-refractivity contribution in [3.63, 3.8) is 0 Å². The van der Waals surface area contributed by atoms with Gasteiger partial charge in [-0.2, -0.15) is 0 Å². The first-order chi connectivity index (χ1) is 12.5. The van der Waals surface area contributed by atoms with Crippen LogP contribution in [0.5, 0.6) is 5.75 Å². The second-order valence-corrected chi connectivity index (χ2v) is 6.64. The van der Waals surface area contributed by atoms with Gasteiger partial charge in [0.15, 0.2) is 5.76 Å². The van der Waals surface area contributed by atoms with Crippen molar-refractivity contribution in [3.05, 3.63) is 81.2 Å². The molecular formula is C20H17Cl2NO3. The Morgan fingerprint density at radius 3 is 2.27 bits per heavy atom. The minimum Gasteiger partial charge on any atom is -0.485 e. The summed E-state index contributed by atoms with van der Waals surface area (Å²) in [5, 5.41) is 3.38. The molecule has 1 aromatic heterocycles. The zero-order valence-corrected chi connectivity index (χ0v) is 15.8. The van der Waals surface area contributed by atoms with Gasteiger partial charge in [0.25, 0.3) is 5.91 Å². The third-order valence-electron chi connectivity index (χ3n) is 3.85. The predicted molar refractivity (Wildman–Crippen MR) is 103 cm³/mol. The molecule has 0 unspecified atom stereocenters. The van der Waals surface area contributed by atoms with E-state index in [4.69, 9.17) is 32.4 Å². The van der Waals surface area contributed by atoms with Crippen molar-refractivity contribution in [1.29, 1.82) is 0 Å². The van der Waals surface area contributed by atoms with Gasteiger partial charge in [-0.3, -0.25) is 4.79 Å². The van der Waals surface area contributed by atoms with Crippen LogP contribution in [0.2, 0.25) is 10.0 Å².